The number of H-pyrrole nitrogens is 1. The minimum atomic E-state index is -0.464. The van der Waals surface area contributed by atoms with Gasteiger partial charge in [0.05, 0.1) is 5.69 Å². The number of aromatic nitrogens is 2. The Morgan fingerprint density at radius 1 is 1.30 bits per heavy atom. The van der Waals surface area contributed by atoms with Crippen molar-refractivity contribution < 1.29 is 5.11 Å². The van der Waals surface area contributed by atoms with Crippen LogP contribution in [0.25, 0.3) is 0 Å². The molecule has 23 heavy (non-hydrogen) atoms. The molecule has 0 aliphatic carbocycles. The molecule has 122 valence electrons. The van der Waals surface area contributed by atoms with Gasteiger partial charge in [-0.15, -0.1) is 0 Å². The second-order valence-corrected chi connectivity index (χ2v) is 5.39. The number of anilines is 1. The van der Waals surface area contributed by atoms with Crippen molar-refractivity contribution in [2.45, 2.75) is 13.8 Å². The van der Waals surface area contributed by atoms with E-state index in [2.05, 4.69) is 28.7 Å². The Bertz CT molecular complexity index is 817. The highest BCUT2D eigenvalue weighted by Crippen LogP contribution is 2.20. The lowest BCUT2D eigenvalue weighted by Crippen LogP contribution is -2.21. The van der Waals surface area contributed by atoms with E-state index in [4.69, 9.17) is 12.2 Å². The number of hydrogen-bond donors (Lipinski definition) is 2. The Kier molecular flexibility index (Phi) is 5.33. The van der Waals surface area contributed by atoms with Gasteiger partial charge in [0.25, 0.3) is 5.56 Å². The normalized spacial score (nSPS) is 11.1. The fraction of sp³-hybridized carbons (Fsp3) is 0.312. The van der Waals surface area contributed by atoms with Crippen LogP contribution >= 0.6 is 12.2 Å². The van der Waals surface area contributed by atoms with Gasteiger partial charge in [0.1, 0.15) is 5.56 Å². The summed E-state index contributed by atoms with van der Waals surface area (Å²) in [5.41, 5.74) is 1.43. The molecule has 1 heterocycles. The quantitative estimate of drug-likeness (QED) is 0.652. The number of rotatable bonds is 5. The first-order valence-corrected chi connectivity index (χ1v) is 7.80. The average Bonchev–Trinajstić information content (AvgIpc) is 2.55. The fourth-order valence-corrected chi connectivity index (χ4v) is 2.40. The number of nitrogens with zero attached hydrogens (tertiary/aromatic N) is 3. The van der Waals surface area contributed by atoms with Gasteiger partial charge >= 0.3 is 0 Å². The van der Waals surface area contributed by atoms with Crippen molar-refractivity contribution in [3.05, 3.63) is 45.0 Å². The molecule has 0 fully saturated rings. The lowest BCUT2D eigenvalue weighted by Gasteiger charge is -2.20. The SMILES string of the molecule is CCN(CC)c1ccc(N=Cc2c(O)n(C)c(=S)[nH]c2=O)cc1. The monoisotopic (exact) mass is 332 g/mol. The van der Waals surface area contributed by atoms with Crippen LogP contribution in [-0.2, 0) is 7.05 Å². The summed E-state index contributed by atoms with van der Waals surface area (Å²) in [6, 6.07) is 7.71. The van der Waals surface area contributed by atoms with Gasteiger partial charge in [-0.3, -0.25) is 19.3 Å². The largest absolute Gasteiger partial charge is 0.494 e. The second kappa shape index (κ2) is 7.23. The Labute approximate surface area is 139 Å². The summed E-state index contributed by atoms with van der Waals surface area (Å²) < 4.78 is 1.48. The molecular weight excluding hydrogens is 312 g/mol. The zero-order chi connectivity index (χ0) is 17.0. The number of nitrogens with one attached hydrogen (secondary N) is 1. The minimum absolute atomic E-state index is 0.0777. The third-order valence-corrected chi connectivity index (χ3v) is 4.03. The smallest absolute Gasteiger partial charge is 0.264 e. The van der Waals surface area contributed by atoms with Crippen LogP contribution in [0.1, 0.15) is 19.4 Å². The topological polar surface area (TPSA) is 73.6 Å². The van der Waals surface area contributed by atoms with Crippen LogP contribution in [0.3, 0.4) is 0 Å². The van der Waals surface area contributed by atoms with E-state index in [0.717, 1.165) is 18.8 Å². The zero-order valence-corrected chi connectivity index (χ0v) is 14.2. The van der Waals surface area contributed by atoms with Gasteiger partial charge in [0, 0.05) is 32.0 Å². The predicted octanol–water partition coefficient (Wildman–Crippen LogP) is 2.75. The van der Waals surface area contributed by atoms with E-state index in [1.807, 2.05) is 24.3 Å². The molecule has 0 aliphatic heterocycles. The molecule has 0 bridgehead atoms. The van der Waals surface area contributed by atoms with Crippen molar-refractivity contribution in [1.82, 2.24) is 9.55 Å². The van der Waals surface area contributed by atoms with E-state index in [-0.39, 0.29) is 16.2 Å². The van der Waals surface area contributed by atoms with Gasteiger partial charge in [-0.1, -0.05) is 0 Å². The highest BCUT2D eigenvalue weighted by Gasteiger charge is 2.08. The van der Waals surface area contributed by atoms with Crippen LogP contribution in [0.2, 0.25) is 0 Å². The number of aromatic hydroxyl groups is 1. The Hall–Kier alpha value is -2.41. The summed E-state index contributed by atoms with van der Waals surface area (Å²) in [4.78, 5) is 20.8. The number of hydrogen-bond acceptors (Lipinski definition) is 5. The summed E-state index contributed by atoms with van der Waals surface area (Å²) in [7, 11) is 1.57. The maximum Gasteiger partial charge on any atom is 0.264 e. The van der Waals surface area contributed by atoms with E-state index >= 15 is 0 Å². The fourth-order valence-electron chi connectivity index (χ4n) is 2.22. The van der Waals surface area contributed by atoms with Gasteiger partial charge in [-0.25, -0.2) is 0 Å². The summed E-state index contributed by atoms with van der Waals surface area (Å²) in [6.45, 7) is 6.08. The van der Waals surface area contributed by atoms with E-state index in [0.29, 0.717) is 5.69 Å². The van der Waals surface area contributed by atoms with Gasteiger partial charge in [-0.05, 0) is 50.3 Å². The summed E-state index contributed by atoms with van der Waals surface area (Å²) in [6.07, 6.45) is 1.34. The molecule has 0 aliphatic rings. The van der Waals surface area contributed by atoms with E-state index < -0.39 is 5.56 Å². The average molecular weight is 332 g/mol. The molecule has 2 rings (SSSR count). The predicted molar refractivity (Wildman–Crippen MR) is 95.8 cm³/mol. The molecule has 6 nitrogen and oxygen atoms in total. The molecule has 1 aromatic carbocycles. The summed E-state index contributed by atoms with van der Waals surface area (Å²) >= 11 is 4.93. The molecule has 0 saturated heterocycles. The van der Waals surface area contributed by atoms with Crippen molar-refractivity contribution in [1.29, 1.82) is 0 Å². The molecule has 7 heteroatoms. The van der Waals surface area contributed by atoms with Crippen LogP contribution < -0.4 is 10.5 Å². The van der Waals surface area contributed by atoms with Gasteiger partial charge < -0.3 is 10.0 Å². The van der Waals surface area contributed by atoms with Crippen molar-refractivity contribution in [3.63, 3.8) is 0 Å². The van der Waals surface area contributed by atoms with Crippen LogP contribution in [0.15, 0.2) is 34.1 Å². The maximum atomic E-state index is 11.9. The first-order chi connectivity index (χ1) is 11.0. The molecule has 0 saturated carbocycles. The van der Waals surface area contributed by atoms with E-state index in [1.165, 1.54) is 10.8 Å². The van der Waals surface area contributed by atoms with Crippen LogP contribution in [-0.4, -0.2) is 34.0 Å². The number of benzene rings is 1. The molecular formula is C16H20N4O2S. The van der Waals surface area contributed by atoms with Gasteiger partial charge in [0.15, 0.2) is 4.77 Å². The van der Waals surface area contributed by atoms with Crippen LogP contribution in [0, 0.1) is 4.77 Å². The van der Waals surface area contributed by atoms with Gasteiger partial charge in [0.2, 0.25) is 5.88 Å². The highest BCUT2D eigenvalue weighted by atomic mass is 32.1. The molecule has 1 aromatic heterocycles. The van der Waals surface area contributed by atoms with E-state index in [9.17, 15) is 9.90 Å². The minimum Gasteiger partial charge on any atom is -0.494 e. The Morgan fingerprint density at radius 3 is 2.48 bits per heavy atom. The standard InChI is InChI=1S/C16H20N4O2S/c1-4-20(5-2)12-8-6-11(7-9-12)17-10-13-14(21)18-16(23)19(3)15(13)22/h6-10,22H,4-5H2,1-3H3,(H,18,21,23). The summed E-state index contributed by atoms with van der Waals surface area (Å²) in [5, 5.41) is 10.00. The Balaban J connectivity index is 2.30. The lowest BCUT2D eigenvalue weighted by atomic mass is 10.2. The van der Waals surface area contributed by atoms with Crippen molar-refractivity contribution in [2.24, 2.45) is 12.0 Å². The van der Waals surface area contributed by atoms with Crippen LogP contribution in [0.5, 0.6) is 5.88 Å². The second-order valence-electron chi connectivity index (χ2n) is 5.00. The molecule has 0 atom stereocenters. The molecule has 0 radical (unpaired) electrons. The van der Waals surface area contributed by atoms with Crippen molar-refractivity contribution in [3.8, 4) is 5.88 Å². The molecule has 2 N–H and O–H groups in total. The molecule has 0 amide bonds. The third-order valence-electron chi connectivity index (χ3n) is 3.65. The van der Waals surface area contributed by atoms with Crippen LogP contribution in [0.4, 0.5) is 11.4 Å². The molecule has 2 aromatic rings. The first-order valence-electron chi connectivity index (χ1n) is 7.39. The zero-order valence-electron chi connectivity index (χ0n) is 13.4. The maximum absolute atomic E-state index is 11.9. The molecule has 0 spiro atoms. The summed E-state index contributed by atoms with van der Waals surface area (Å²) in [5.74, 6) is -0.206. The number of aromatic amines is 1. The highest BCUT2D eigenvalue weighted by molar-refractivity contribution is 7.71. The van der Waals surface area contributed by atoms with Crippen molar-refractivity contribution in [2.75, 3.05) is 18.0 Å². The lowest BCUT2D eigenvalue weighted by molar-refractivity contribution is 0.420. The molecule has 0 unspecified atom stereocenters. The Morgan fingerprint density at radius 2 is 1.91 bits per heavy atom. The van der Waals surface area contributed by atoms with E-state index in [1.54, 1.807) is 7.05 Å². The first kappa shape index (κ1) is 17.0. The third kappa shape index (κ3) is 3.68. The van der Waals surface area contributed by atoms with Crippen molar-refractivity contribution >= 4 is 29.8 Å². The van der Waals surface area contributed by atoms with Gasteiger partial charge in [-0.2, -0.15) is 0 Å². The number of aliphatic imine (C=N–C) groups is 1.